The molecule has 13 heteroatoms. The number of nitrogens with zero attached hydrogens (tertiary/aromatic N) is 4. The molecule has 0 bridgehead atoms. The Morgan fingerprint density at radius 1 is 1.08 bits per heavy atom. The van der Waals surface area contributed by atoms with Gasteiger partial charge in [-0.1, -0.05) is 12.1 Å². The first kappa shape index (κ1) is 26.7. The zero-order valence-electron chi connectivity index (χ0n) is 19.7. The minimum absolute atomic E-state index is 0.110. The van der Waals surface area contributed by atoms with Gasteiger partial charge in [0.05, 0.1) is 12.1 Å². The molecule has 2 aromatic carbocycles. The number of rotatable bonds is 5. The van der Waals surface area contributed by atoms with Gasteiger partial charge in [0.2, 0.25) is 5.95 Å². The SMILES string of the molecule is CC(O)c1cnc(N2CCN(c3ccc(F)c(S(C)(=O)=O)c3)CC2c2ccc(F)cc2)nc1C(F)(F)F. The standard InChI is InChI=1S/C24H23F5N4O3S/c1-14(34)18-12-30-23(31-22(18)24(27,28)29)33-10-9-32(13-20(33)15-3-5-16(25)6-4-15)17-7-8-19(26)21(11-17)37(2,35)36/h3-8,11-12,14,20,34H,9-10,13H2,1-2H3. The van der Waals surface area contributed by atoms with Crippen LogP contribution in [0.5, 0.6) is 0 Å². The number of piperazine rings is 1. The van der Waals surface area contributed by atoms with E-state index in [2.05, 4.69) is 9.97 Å². The Morgan fingerprint density at radius 2 is 1.76 bits per heavy atom. The third-order valence-electron chi connectivity index (χ3n) is 6.09. The van der Waals surface area contributed by atoms with Gasteiger partial charge in [0.15, 0.2) is 15.5 Å². The number of hydrogen-bond acceptors (Lipinski definition) is 7. The normalized spacial score (nSPS) is 17.7. The molecule has 0 amide bonds. The van der Waals surface area contributed by atoms with Crippen LogP contribution in [0.4, 0.5) is 33.6 Å². The molecule has 0 saturated carbocycles. The topological polar surface area (TPSA) is 86.6 Å². The number of aromatic nitrogens is 2. The van der Waals surface area contributed by atoms with E-state index in [-0.39, 0.29) is 25.6 Å². The molecule has 2 heterocycles. The molecule has 0 spiro atoms. The zero-order valence-corrected chi connectivity index (χ0v) is 20.6. The summed E-state index contributed by atoms with van der Waals surface area (Å²) in [5.74, 6) is -1.64. The third-order valence-corrected chi connectivity index (χ3v) is 7.21. The van der Waals surface area contributed by atoms with E-state index in [0.29, 0.717) is 11.3 Å². The van der Waals surface area contributed by atoms with E-state index in [1.807, 2.05) is 0 Å². The van der Waals surface area contributed by atoms with Gasteiger partial charge in [-0.05, 0) is 42.8 Å². The van der Waals surface area contributed by atoms with Crippen LogP contribution in [-0.4, -0.2) is 49.4 Å². The van der Waals surface area contributed by atoms with E-state index in [4.69, 9.17) is 0 Å². The monoisotopic (exact) mass is 542 g/mol. The second-order valence-corrected chi connectivity index (χ2v) is 10.7. The summed E-state index contributed by atoms with van der Waals surface area (Å²) >= 11 is 0. The number of alkyl halides is 3. The summed E-state index contributed by atoms with van der Waals surface area (Å²) in [6, 6.07) is 8.39. The molecule has 0 aliphatic carbocycles. The first-order chi connectivity index (χ1) is 17.3. The zero-order chi connectivity index (χ0) is 27.1. The summed E-state index contributed by atoms with van der Waals surface area (Å²) in [4.78, 5) is 10.6. The lowest BCUT2D eigenvalue weighted by Gasteiger charge is -2.43. The second kappa shape index (κ2) is 9.86. The maximum atomic E-state index is 14.2. The van der Waals surface area contributed by atoms with Crippen LogP contribution >= 0.6 is 0 Å². The van der Waals surface area contributed by atoms with Gasteiger partial charge < -0.3 is 14.9 Å². The Labute approximate surface area is 210 Å². The van der Waals surface area contributed by atoms with Gasteiger partial charge in [-0.2, -0.15) is 13.2 Å². The second-order valence-electron chi connectivity index (χ2n) is 8.74. The van der Waals surface area contributed by atoms with E-state index in [1.165, 1.54) is 48.2 Å². The van der Waals surface area contributed by atoms with Crippen molar-refractivity contribution in [3.8, 4) is 0 Å². The number of sulfone groups is 1. The Kier molecular flexibility index (Phi) is 7.12. The van der Waals surface area contributed by atoms with E-state index >= 15 is 0 Å². The molecule has 1 fully saturated rings. The van der Waals surface area contributed by atoms with Crippen molar-refractivity contribution in [2.45, 2.75) is 30.1 Å². The van der Waals surface area contributed by atoms with Crippen LogP contribution in [0.3, 0.4) is 0 Å². The van der Waals surface area contributed by atoms with Gasteiger partial charge in [0, 0.05) is 43.3 Å². The summed E-state index contributed by atoms with van der Waals surface area (Å²) in [5, 5.41) is 9.78. The van der Waals surface area contributed by atoms with Gasteiger partial charge >= 0.3 is 6.18 Å². The Hall–Kier alpha value is -3.32. The van der Waals surface area contributed by atoms with Crippen molar-refractivity contribution in [3.05, 3.63) is 77.1 Å². The molecule has 1 saturated heterocycles. The van der Waals surface area contributed by atoms with Crippen molar-refractivity contribution < 1.29 is 35.5 Å². The molecule has 7 nitrogen and oxygen atoms in total. The van der Waals surface area contributed by atoms with E-state index < -0.39 is 55.9 Å². The lowest BCUT2D eigenvalue weighted by Crippen LogP contribution is -2.49. The van der Waals surface area contributed by atoms with Crippen molar-refractivity contribution in [2.24, 2.45) is 0 Å². The Morgan fingerprint density at radius 3 is 2.35 bits per heavy atom. The highest BCUT2D eigenvalue weighted by molar-refractivity contribution is 7.90. The number of halogens is 5. The smallest absolute Gasteiger partial charge is 0.389 e. The van der Waals surface area contributed by atoms with E-state index in [9.17, 15) is 35.5 Å². The molecule has 4 rings (SSSR count). The molecule has 1 aliphatic heterocycles. The van der Waals surface area contributed by atoms with Crippen molar-refractivity contribution in [3.63, 3.8) is 0 Å². The maximum Gasteiger partial charge on any atom is 0.433 e. The number of aliphatic hydroxyl groups excluding tert-OH is 1. The fraction of sp³-hybridized carbons (Fsp3) is 0.333. The van der Waals surface area contributed by atoms with Crippen molar-refractivity contribution in [2.75, 3.05) is 35.7 Å². The van der Waals surface area contributed by atoms with Crippen LogP contribution in [0.15, 0.2) is 53.6 Å². The summed E-state index contributed by atoms with van der Waals surface area (Å²) in [6.07, 6.45) is -4.46. The average Bonchev–Trinajstić information content (AvgIpc) is 2.83. The van der Waals surface area contributed by atoms with Gasteiger partial charge in [0.1, 0.15) is 16.5 Å². The lowest BCUT2D eigenvalue weighted by atomic mass is 10.0. The molecule has 0 radical (unpaired) electrons. The van der Waals surface area contributed by atoms with Gasteiger partial charge in [-0.15, -0.1) is 0 Å². The highest BCUT2D eigenvalue weighted by atomic mass is 32.2. The molecule has 1 aliphatic rings. The first-order valence-corrected chi connectivity index (χ1v) is 13.0. The van der Waals surface area contributed by atoms with Crippen LogP contribution in [0.25, 0.3) is 0 Å². The van der Waals surface area contributed by atoms with Gasteiger partial charge in [-0.3, -0.25) is 0 Å². The maximum absolute atomic E-state index is 14.2. The molecule has 37 heavy (non-hydrogen) atoms. The summed E-state index contributed by atoms with van der Waals surface area (Å²) in [7, 11) is -3.85. The number of aliphatic hydroxyl groups is 1. The number of anilines is 2. The highest BCUT2D eigenvalue weighted by Crippen LogP contribution is 2.37. The molecular weight excluding hydrogens is 519 g/mol. The van der Waals surface area contributed by atoms with Gasteiger partial charge in [-0.25, -0.2) is 27.2 Å². The average molecular weight is 543 g/mol. The van der Waals surface area contributed by atoms with Gasteiger partial charge in [0.25, 0.3) is 0 Å². The van der Waals surface area contributed by atoms with Crippen molar-refractivity contribution >= 4 is 21.5 Å². The fourth-order valence-corrected chi connectivity index (χ4v) is 5.01. The third kappa shape index (κ3) is 5.67. The molecule has 1 aromatic heterocycles. The predicted molar refractivity (Wildman–Crippen MR) is 126 cm³/mol. The molecule has 2 unspecified atom stereocenters. The summed E-state index contributed by atoms with van der Waals surface area (Å²) in [5.41, 5.74) is -0.778. The first-order valence-electron chi connectivity index (χ1n) is 11.1. The van der Waals surface area contributed by atoms with Crippen LogP contribution in [0.2, 0.25) is 0 Å². The van der Waals surface area contributed by atoms with E-state index in [0.717, 1.165) is 18.5 Å². The predicted octanol–water partition coefficient (Wildman–Crippen LogP) is 4.30. The largest absolute Gasteiger partial charge is 0.433 e. The fourth-order valence-electron chi connectivity index (χ4n) is 4.25. The quantitative estimate of drug-likeness (QED) is 0.481. The van der Waals surface area contributed by atoms with Crippen LogP contribution < -0.4 is 9.80 Å². The molecule has 2 atom stereocenters. The minimum atomic E-state index is -4.84. The van der Waals surface area contributed by atoms with Crippen molar-refractivity contribution in [1.29, 1.82) is 0 Å². The van der Waals surface area contributed by atoms with Crippen LogP contribution in [-0.2, 0) is 16.0 Å². The molecule has 1 N–H and O–H groups in total. The minimum Gasteiger partial charge on any atom is -0.389 e. The summed E-state index contributed by atoms with van der Waals surface area (Å²) in [6.45, 7) is 1.64. The van der Waals surface area contributed by atoms with E-state index in [1.54, 1.807) is 4.90 Å². The molecular formula is C24H23F5N4O3S. The van der Waals surface area contributed by atoms with Crippen molar-refractivity contribution in [1.82, 2.24) is 9.97 Å². The summed E-state index contributed by atoms with van der Waals surface area (Å²) < 4.78 is 92.9. The van der Waals surface area contributed by atoms with Crippen LogP contribution in [0, 0.1) is 11.6 Å². The number of hydrogen-bond donors (Lipinski definition) is 1. The molecule has 198 valence electrons. The molecule has 3 aromatic rings. The lowest BCUT2D eigenvalue weighted by molar-refractivity contribution is -0.142. The van der Waals surface area contributed by atoms with Crippen LogP contribution in [0.1, 0.15) is 35.9 Å². The number of benzene rings is 2. The highest BCUT2D eigenvalue weighted by Gasteiger charge is 2.39. The Balaban J connectivity index is 1.76. The Bertz CT molecular complexity index is 1400.